The molecule has 0 aliphatic carbocycles. The van der Waals surface area contributed by atoms with Gasteiger partial charge < -0.3 is 10.1 Å². The Hall–Kier alpha value is -0.190. The van der Waals surface area contributed by atoms with E-state index in [0.29, 0.717) is 6.04 Å². The quantitative estimate of drug-likeness (QED) is 0.741. The Kier molecular flexibility index (Phi) is 6.54. The molecule has 1 aliphatic heterocycles. The lowest BCUT2D eigenvalue weighted by Crippen LogP contribution is -2.27. The molecule has 0 fully saturated rings. The minimum absolute atomic E-state index is 0.446. The average molecular weight is 344 g/mol. The molecule has 1 aromatic carbocycles. The van der Waals surface area contributed by atoms with Crippen LogP contribution in [-0.4, -0.2) is 25.2 Å². The van der Waals surface area contributed by atoms with Crippen LogP contribution in [0.3, 0.4) is 0 Å². The van der Waals surface area contributed by atoms with Crippen molar-refractivity contribution >= 4 is 27.7 Å². The van der Waals surface area contributed by atoms with Gasteiger partial charge in [0.2, 0.25) is 0 Å². The first kappa shape index (κ1) is 15.2. The summed E-state index contributed by atoms with van der Waals surface area (Å²) in [6, 6.07) is 6.73. The Labute approximate surface area is 128 Å². The fourth-order valence-corrected chi connectivity index (χ4v) is 3.27. The number of halogens is 1. The minimum atomic E-state index is 0.446. The summed E-state index contributed by atoms with van der Waals surface area (Å²) in [6.45, 7) is 1.92. The van der Waals surface area contributed by atoms with Gasteiger partial charge in [-0.2, -0.15) is 11.8 Å². The SMILES string of the molecule is CSCCCCCNC1CCOc2ccc(Br)cc21. The normalized spacial score (nSPS) is 17.9. The molecule has 1 aliphatic rings. The van der Waals surface area contributed by atoms with E-state index in [-0.39, 0.29) is 0 Å². The lowest BCUT2D eigenvalue weighted by Gasteiger charge is -2.27. The molecule has 1 atom stereocenters. The molecule has 2 rings (SSSR count). The van der Waals surface area contributed by atoms with Crippen LogP contribution in [0.15, 0.2) is 22.7 Å². The first-order valence-electron chi connectivity index (χ1n) is 6.96. The molecule has 19 heavy (non-hydrogen) atoms. The van der Waals surface area contributed by atoms with E-state index in [4.69, 9.17) is 4.74 Å². The third-order valence-corrected chi connectivity index (χ3v) is 4.62. The smallest absolute Gasteiger partial charge is 0.124 e. The molecule has 1 aromatic rings. The summed E-state index contributed by atoms with van der Waals surface area (Å²) in [7, 11) is 0. The lowest BCUT2D eigenvalue weighted by atomic mass is 10.0. The van der Waals surface area contributed by atoms with Crippen LogP contribution in [-0.2, 0) is 0 Å². The molecule has 0 spiro atoms. The Morgan fingerprint density at radius 2 is 2.26 bits per heavy atom. The fourth-order valence-electron chi connectivity index (χ4n) is 2.40. The minimum Gasteiger partial charge on any atom is -0.493 e. The predicted octanol–water partition coefficient (Wildman–Crippen LogP) is 4.40. The highest BCUT2D eigenvalue weighted by molar-refractivity contribution is 9.10. The second-order valence-electron chi connectivity index (χ2n) is 4.88. The number of ether oxygens (including phenoxy) is 1. The summed E-state index contributed by atoms with van der Waals surface area (Å²) in [5, 5.41) is 3.67. The van der Waals surface area contributed by atoms with Crippen LogP contribution >= 0.6 is 27.7 Å². The van der Waals surface area contributed by atoms with Crippen molar-refractivity contribution in [3.8, 4) is 5.75 Å². The Balaban J connectivity index is 1.80. The average Bonchev–Trinajstić information content (AvgIpc) is 2.43. The summed E-state index contributed by atoms with van der Waals surface area (Å²) in [6.07, 6.45) is 7.16. The third-order valence-electron chi connectivity index (χ3n) is 3.43. The predicted molar refractivity (Wildman–Crippen MR) is 87.2 cm³/mol. The standard InChI is InChI=1S/C15H22BrNOS/c1-19-10-4-2-3-8-17-14-7-9-18-15-6-5-12(16)11-13(14)15/h5-6,11,14,17H,2-4,7-10H2,1H3. The summed E-state index contributed by atoms with van der Waals surface area (Å²) >= 11 is 5.48. The molecule has 0 aromatic heterocycles. The van der Waals surface area contributed by atoms with Crippen LogP contribution in [0.4, 0.5) is 0 Å². The van der Waals surface area contributed by atoms with E-state index in [9.17, 15) is 0 Å². The number of fused-ring (bicyclic) bond motifs is 1. The van der Waals surface area contributed by atoms with Crippen molar-refractivity contribution in [1.29, 1.82) is 0 Å². The van der Waals surface area contributed by atoms with E-state index in [1.54, 1.807) is 0 Å². The molecule has 0 saturated carbocycles. The zero-order valence-electron chi connectivity index (χ0n) is 11.5. The lowest BCUT2D eigenvalue weighted by molar-refractivity contribution is 0.252. The van der Waals surface area contributed by atoms with E-state index < -0.39 is 0 Å². The van der Waals surface area contributed by atoms with Crippen molar-refractivity contribution in [3.05, 3.63) is 28.2 Å². The summed E-state index contributed by atoms with van der Waals surface area (Å²) in [5.74, 6) is 2.32. The highest BCUT2D eigenvalue weighted by atomic mass is 79.9. The van der Waals surface area contributed by atoms with E-state index in [1.165, 1.54) is 30.6 Å². The molecule has 0 saturated heterocycles. The Morgan fingerprint density at radius 3 is 3.11 bits per heavy atom. The summed E-state index contributed by atoms with van der Waals surface area (Å²) in [4.78, 5) is 0. The third kappa shape index (κ3) is 4.69. The largest absolute Gasteiger partial charge is 0.493 e. The Bertz CT molecular complexity index is 400. The molecule has 0 bridgehead atoms. The highest BCUT2D eigenvalue weighted by Crippen LogP contribution is 2.33. The molecule has 1 heterocycles. The van der Waals surface area contributed by atoms with Crippen LogP contribution in [0.1, 0.15) is 37.3 Å². The van der Waals surface area contributed by atoms with E-state index in [1.807, 2.05) is 17.8 Å². The van der Waals surface area contributed by atoms with Crippen molar-refractivity contribution in [1.82, 2.24) is 5.32 Å². The van der Waals surface area contributed by atoms with Gasteiger partial charge in [0, 0.05) is 22.5 Å². The van der Waals surface area contributed by atoms with Gasteiger partial charge in [-0.3, -0.25) is 0 Å². The maximum Gasteiger partial charge on any atom is 0.124 e. The number of nitrogens with one attached hydrogen (secondary N) is 1. The van der Waals surface area contributed by atoms with Gasteiger partial charge in [-0.15, -0.1) is 0 Å². The van der Waals surface area contributed by atoms with E-state index in [2.05, 4.69) is 39.6 Å². The zero-order valence-corrected chi connectivity index (χ0v) is 13.9. The van der Waals surface area contributed by atoms with Crippen LogP contribution in [0.25, 0.3) is 0 Å². The van der Waals surface area contributed by atoms with Crippen molar-refractivity contribution in [3.63, 3.8) is 0 Å². The van der Waals surface area contributed by atoms with E-state index in [0.717, 1.165) is 29.8 Å². The maximum atomic E-state index is 5.70. The van der Waals surface area contributed by atoms with Gasteiger partial charge in [-0.25, -0.2) is 0 Å². The first-order chi connectivity index (χ1) is 9.31. The number of benzene rings is 1. The molecule has 4 heteroatoms. The Morgan fingerprint density at radius 1 is 1.37 bits per heavy atom. The summed E-state index contributed by atoms with van der Waals surface area (Å²) in [5.41, 5.74) is 1.30. The molecule has 0 amide bonds. The van der Waals surface area contributed by atoms with Gasteiger partial charge in [-0.05, 0) is 49.6 Å². The highest BCUT2D eigenvalue weighted by Gasteiger charge is 2.20. The van der Waals surface area contributed by atoms with Crippen molar-refractivity contribution in [2.75, 3.05) is 25.2 Å². The topological polar surface area (TPSA) is 21.3 Å². The van der Waals surface area contributed by atoms with Crippen LogP contribution in [0.2, 0.25) is 0 Å². The number of rotatable bonds is 7. The number of thioether (sulfide) groups is 1. The van der Waals surface area contributed by atoms with Gasteiger partial charge in [0.1, 0.15) is 5.75 Å². The maximum absolute atomic E-state index is 5.70. The molecular formula is C15H22BrNOS. The van der Waals surface area contributed by atoms with Crippen LogP contribution in [0.5, 0.6) is 5.75 Å². The van der Waals surface area contributed by atoms with Gasteiger partial charge >= 0.3 is 0 Å². The first-order valence-corrected chi connectivity index (χ1v) is 9.14. The van der Waals surface area contributed by atoms with Gasteiger partial charge in [0.05, 0.1) is 6.61 Å². The van der Waals surface area contributed by atoms with Crippen LogP contribution in [0, 0.1) is 0 Å². The van der Waals surface area contributed by atoms with Gasteiger partial charge in [0.25, 0.3) is 0 Å². The van der Waals surface area contributed by atoms with Crippen molar-refractivity contribution < 1.29 is 4.74 Å². The van der Waals surface area contributed by atoms with Gasteiger partial charge in [-0.1, -0.05) is 22.4 Å². The number of hydrogen-bond donors (Lipinski definition) is 1. The fraction of sp³-hybridized carbons (Fsp3) is 0.600. The van der Waals surface area contributed by atoms with Gasteiger partial charge in [0.15, 0.2) is 0 Å². The molecule has 1 unspecified atom stereocenters. The van der Waals surface area contributed by atoms with Crippen molar-refractivity contribution in [2.24, 2.45) is 0 Å². The number of unbranched alkanes of at least 4 members (excludes halogenated alkanes) is 2. The number of hydrogen-bond acceptors (Lipinski definition) is 3. The zero-order chi connectivity index (χ0) is 13.5. The second-order valence-corrected chi connectivity index (χ2v) is 6.78. The molecule has 0 radical (unpaired) electrons. The molecule has 1 N–H and O–H groups in total. The van der Waals surface area contributed by atoms with Crippen LogP contribution < -0.4 is 10.1 Å². The second kappa shape index (κ2) is 8.18. The monoisotopic (exact) mass is 343 g/mol. The van der Waals surface area contributed by atoms with E-state index >= 15 is 0 Å². The molecule has 2 nitrogen and oxygen atoms in total. The summed E-state index contributed by atoms with van der Waals surface area (Å²) < 4.78 is 6.83. The van der Waals surface area contributed by atoms with Crippen molar-refractivity contribution in [2.45, 2.75) is 31.7 Å². The molecular weight excluding hydrogens is 322 g/mol. The molecule has 106 valence electrons.